The van der Waals surface area contributed by atoms with Gasteiger partial charge >= 0.3 is 0 Å². The Labute approximate surface area is 164 Å². The van der Waals surface area contributed by atoms with Crippen molar-refractivity contribution in [2.75, 3.05) is 4.90 Å². The summed E-state index contributed by atoms with van der Waals surface area (Å²) in [5.41, 5.74) is 7.96. The molecule has 7 heteroatoms. The van der Waals surface area contributed by atoms with Crippen LogP contribution in [-0.2, 0) is 17.8 Å². The van der Waals surface area contributed by atoms with Crippen LogP contribution in [0.5, 0.6) is 0 Å². The van der Waals surface area contributed by atoms with Crippen LogP contribution in [0.1, 0.15) is 10.4 Å². The highest BCUT2D eigenvalue weighted by Crippen LogP contribution is 2.32. The lowest BCUT2D eigenvalue weighted by atomic mass is 10.1. The van der Waals surface area contributed by atoms with Crippen LogP contribution in [0.2, 0.25) is 0 Å². The molecule has 140 valence electrons. The van der Waals surface area contributed by atoms with E-state index in [-0.39, 0.29) is 12.3 Å². The number of primary amides is 1. The highest BCUT2D eigenvalue weighted by Gasteiger charge is 2.13. The van der Waals surface area contributed by atoms with Crippen LogP contribution < -0.4 is 10.6 Å². The molecule has 1 amide bonds. The molecule has 0 atom stereocenters. The normalized spacial score (nSPS) is 10.9. The van der Waals surface area contributed by atoms with Crippen molar-refractivity contribution in [3.8, 4) is 0 Å². The van der Waals surface area contributed by atoms with Crippen molar-refractivity contribution in [1.29, 1.82) is 0 Å². The van der Waals surface area contributed by atoms with Gasteiger partial charge in [-0.2, -0.15) is 8.78 Å². The van der Waals surface area contributed by atoms with Gasteiger partial charge < -0.3 is 10.6 Å². The van der Waals surface area contributed by atoms with E-state index in [0.717, 1.165) is 16.9 Å². The SMILES string of the molecule is NC(=O)Cc1ccc(N(Cc2cccs2)c2ccc(SC(F)F)cc2)cc1. The summed E-state index contributed by atoms with van der Waals surface area (Å²) in [4.78, 5) is 14.9. The zero-order valence-corrected chi connectivity index (χ0v) is 16.0. The lowest BCUT2D eigenvalue weighted by molar-refractivity contribution is -0.117. The first-order chi connectivity index (χ1) is 13.0. The van der Waals surface area contributed by atoms with Gasteiger partial charge in [0, 0.05) is 21.1 Å². The number of alkyl halides is 2. The van der Waals surface area contributed by atoms with Gasteiger partial charge in [0.1, 0.15) is 0 Å². The molecule has 1 aromatic heterocycles. The standard InChI is InChI=1S/C20H18F2N2OS2/c21-20(22)27-17-9-7-16(8-10-17)24(13-18-2-1-11-26-18)15-5-3-14(4-6-15)12-19(23)25/h1-11,20H,12-13H2,(H2,23,25). The third kappa shape index (κ3) is 5.55. The fourth-order valence-corrected chi connectivity index (χ4v) is 3.88. The van der Waals surface area contributed by atoms with E-state index in [4.69, 9.17) is 5.73 Å². The largest absolute Gasteiger partial charge is 0.369 e. The minimum atomic E-state index is -2.43. The van der Waals surface area contributed by atoms with Crippen LogP contribution in [0.25, 0.3) is 0 Å². The minimum absolute atomic E-state index is 0.199. The summed E-state index contributed by atoms with van der Waals surface area (Å²) >= 11 is 2.19. The van der Waals surface area contributed by atoms with E-state index >= 15 is 0 Å². The van der Waals surface area contributed by atoms with Crippen molar-refractivity contribution >= 4 is 40.4 Å². The molecule has 0 aliphatic rings. The molecule has 0 saturated heterocycles. The highest BCUT2D eigenvalue weighted by atomic mass is 32.2. The monoisotopic (exact) mass is 404 g/mol. The molecule has 0 saturated carbocycles. The maximum Gasteiger partial charge on any atom is 0.288 e. The molecule has 3 nitrogen and oxygen atoms in total. The number of rotatable bonds is 8. The Morgan fingerprint density at radius 3 is 2.19 bits per heavy atom. The second-order valence-electron chi connectivity index (χ2n) is 5.85. The van der Waals surface area contributed by atoms with Crippen molar-refractivity contribution in [3.63, 3.8) is 0 Å². The van der Waals surface area contributed by atoms with Gasteiger partial charge in [-0.25, -0.2) is 0 Å². The molecule has 0 fully saturated rings. The Morgan fingerprint density at radius 1 is 1.04 bits per heavy atom. The van der Waals surface area contributed by atoms with Crippen LogP contribution in [-0.4, -0.2) is 11.7 Å². The van der Waals surface area contributed by atoms with Gasteiger partial charge in [0.15, 0.2) is 0 Å². The van der Waals surface area contributed by atoms with E-state index in [0.29, 0.717) is 23.2 Å². The second kappa shape index (κ2) is 9.01. The molecule has 0 unspecified atom stereocenters. The number of benzene rings is 2. The summed E-state index contributed by atoms with van der Waals surface area (Å²) in [5.74, 6) is -2.80. The Kier molecular flexibility index (Phi) is 6.47. The molecule has 2 aromatic carbocycles. The summed E-state index contributed by atoms with van der Waals surface area (Å²) < 4.78 is 25.1. The maximum atomic E-state index is 12.5. The van der Waals surface area contributed by atoms with Crippen LogP contribution >= 0.6 is 23.1 Å². The van der Waals surface area contributed by atoms with Crippen LogP contribution in [0.15, 0.2) is 70.9 Å². The first kappa shape index (κ1) is 19.4. The molecular weight excluding hydrogens is 386 g/mol. The van der Waals surface area contributed by atoms with Crippen molar-refractivity contribution in [1.82, 2.24) is 0 Å². The molecule has 0 spiro atoms. The summed E-state index contributed by atoms with van der Waals surface area (Å²) in [5, 5.41) is 2.02. The summed E-state index contributed by atoms with van der Waals surface area (Å²) in [7, 11) is 0. The van der Waals surface area contributed by atoms with Gasteiger partial charge in [0.2, 0.25) is 5.91 Å². The Hall–Kier alpha value is -2.38. The fourth-order valence-electron chi connectivity index (χ4n) is 2.69. The fraction of sp³-hybridized carbons (Fsp3) is 0.150. The summed E-state index contributed by atoms with van der Waals surface area (Å²) in [6, 6.07) is 18.8. The zero-order valence-electron chi connectivity index (χ0n) is 14.3. The van der Waals surface area contributed by atoms with Gasteiger partial charge in [-0.15, -0.1) is 11.3 Å². The lowest BCUT2D eigenvalue weighted by Gasteiger charge is -2.25. The van der Waals surface area contributed by atoms with Gasteiger partial charge in [-0.3, -0.25) is 4.79 Å². The van der Waals surface area contributed by atoms with Crippen LogP contribution in [0, 0.1) is 0 Å². The van der Waals surface area contributed by atoms with E-state index in [1.54, 1.807) is 23.5 Å². The van der Waals surface area contributed by atoms with Gasteiger partial charge in [0.25, 0.3) is 5.76 Å². The number of thiophene rings is 1. The Morgan fingerprint density at radius 2 is 1.67 bits per heavy atom. The van der Waals surface area contributed by atoms with Gasteiger partial charge in [0.05, 0.1) is 13.0 Å². The number of thioether (sulfide) groups is 1. The molecule has 0 aliphatic heterocycles. The van der Waals surface area contributed by atoms with Crippen molar-refractivity contribution in [3.05, 3.63) is 76.5 Å². The molecule has 0 aliphatic carbocycles. The lowest BCUT2D eigenvalue weighted by Crippen LogP contribution is -2.16. The average Bonchev–Trinajstić information content (AvgIpc) is 3.14. The van der Waals surface area contributed by atoms with Crippen molar-refractivity contribution in [2.45, 2.75) is 23.6 Å². The first-order valence-corrected chi connectivity index (χ1v) is 9.99. The average molecular weight is 405 g/mol. The summed E-state index contributed by atoms with van der Waals surface area (Å²) in [6.45, 7) is 0.661. The molecular formula is C20H18F2N2OS2. The van der Waals surface area contributed by atoms with E-state index in [1.165, 1.54) is 4.88 Å². The van der Waals surface area contributed by atoms with Crippen molar-refractivity contribution < 1.29 is 13.6 Å². The van der Waals surface area contributed by atoms with Crippen LogP contribution in [0.4, 0.5) is 20.2 Å². The number of carbonyl (C=O) groups excluding carboxylic acids is 1. The number of amides is 1. The third-order valence-electron chi connectivity index (χ3n) is 3.89. The topological polar surface area (TPSA) is 46.3 Å². The van der Waals surface area contributed by atoms with Gasteiger partial charge in [-0.05, 0) is 53.4 Å². The second-order valence-corrected chi connectivity index (χ2v) is 7.94. The van der Waals surface area contributed by atoms with Crippen molar-refractivity contribution in [2.24, 2.45) is 5.73 Å². The molecule has 0 radical (unpaired) electrons. The van der Waals surface area contributed by atoms with E-state index in [9.17, 15) is 13.6 Å². The van der Waals surface area contributed by atoms with E-state index < -0.39 is 5.76 Å². The first-order valence-electron chi connectivity index (χ1n) is 8.23. The molecule has 3 rings (SSSR count). The maximum absolute atomic E-state index is 12.5. The van der Waals surface area contributed by atoms with E-state index in [1.807, 2.05) is 47.8 Å². The smallest absolute Gasteiger partial charge is 0.288 e. The molecule has 3 aromatic rings. The number of nitrogens with zero attached hydrogens (tertiary/aromatic N) is 1. The number of anilines is 2. The molecule has 2 N–H and O–H groups in total. The van der Waals surface area contributed by atoms with Gasteiger partial charge in [-0.1, -0.05) is 30.0 Å². The molecule has 27 heavy (non-hydrogen) atoms. The number of halogens is 2. The Bertz CT molecular complexity index is 866. The Balaban J connectivity index is 1.87. The van der Waals surface area contributed by atoms with E-state index in [2.05, 4.69) is 11.0 Å². The molecule has 1 heterocycles. The number of hydrogen-bond donors (Lipinski definition) is 1. The number of nitrogens with two attached hydrogens (primary N) is 1. The third-order valence-corrected chi connectivity index (χ3v) is 5.48. The number of hydrogen-bond acceptors (Lipinski definition) is 4. The minimum Gasteiger partial charge on any atom is -0.369 e. The summed E-state index contributed by atoms with van der Waals surface area (Å²) in [6.07, 6.45) is 0.199. The highest BCUT2D eigenvalue weighted by molar-refractivity contribution is 7.99. The predicted octanol–water partition coefficient (Wildman–Crippen LogP) is 5.43. The van der Waals surface area contributed by atoms with Crippen LogP contribution in [0.3, 0.4) is 0 Å². The quantitative estimate of drug-likeness (QED) is 0.509. The zero-order chi connectivity index (χ0) is 19.2. The predicted molar refractivity (Wildman–Crippen MR) is 108 cm³/mol. The number of carbonyl (C=O) groups is 1. The molecule has 0 bridgehead atoms.